The molecule has 0 fully saturated rings. The van der Waals surface area contributed by atoms with E-state index in [1.807, 2.05) is 23.6 Å². The van der Waals surface area contributed by atoms with Gasteiger partial charge in [-0.2, -0.15) is 5.26 Å². The van der Waals surface area contributed by atoms with Gasteiger partial charge in [-0.25, -0.2) is 4.98 Å². The quantitative estimate of drug-likeness (QED) is 0.829. The van der Waals surface area contributed by atoms with E-state index in [1.54, 1.807) is 18.3 Å². The summed E-state index contributed by atoms with van der Waals surface area (Å²) in [6.45, 7) is 2.66. The van der Waals surface area contributed by atoms with Crippen LogP contribution in [-0.2, 0) is 17.8 Å². The zero-order valence-corrected chi connectivity index (χ0v) is 12.4. The van der Waals surface area contributed by atoms with Crippen molar-refractivity contribution in [1.82, 2.24) is 9.55 Å². The van der Waals surface area contributed by atoms with Crippen LogP contribution >= 0.6 is 11.8 Å². The highest BCUT2D eigenvalue weighted by Gasteiger charge is 2.11. The molecule has 21 heavy (non-hydrogen) atoms. The summed E-state index contributed by atoms with van der Waals surface area (Å²) in [6.07, 6.45) is 2.62. The van der Waals surface area contributed by atoms with Gasteiger partial charge in [0.05, 0.1) is 17.4 Å². The molecule has 1 N–H and O–H groups in total. The summed E-state index contributed by atoms with van der Waals surface area (Å²) >= 11 is 1.22. The average molecular weight is 301 g/mol. The molecule has 5 nitrogen and oxygen atoms in total. The van der Waals surface area contributed by atoms with Gasteiger partial charge in [-0.15, -0.1) is 0 Å². The number of nitrogens with zero attached hydrogens (tertiary/aromatic N) is 3. The van der Waals surface area contributed by atoms with Gasteiger partial charge in [0.25, 0.3) is 0 Å². The smallest absolute Gasteiger partial charge is 0.313 e. The second-order valence-electron chi connectivity index (χ2n) is 4.46. The van der Waals surface area contributed by atoms with Crippen LogP contribution in [0.2, 0.25) is 0 Å². The minimum atomic E-state index is -0.856. The Balaban J connectivity index is 2.22. The molecule has 1 aromatic carbocycles. The summed E-state index contributed by atoms with van der Waals surface area (Å²) in [7, 11) is 0. The molecule has 1 aromatic heterocycles. The van der Waals surface area contributed by atoms with Crippen LogP contribution in [0, 0.1) is 11.3 Å². The number of aryl methyl sites for hydroxylation is 1. The third-order valence-electron chi connectivity index (χ3n) is 3.01. The van der Waals surface area contributed by atoms with Gasteiger partial charge < -0.3 is 9.67 Å². The number of thioether (sulfide) groups is 1. The summed E-state index contributed by atoms with van der Waals surface area (Å²) in [5.74, 6) is -0.862. The molecule has 0 aliphatic carbocycles. The Bertz CT molecular complexity index is 671. The van der Waals surface area contributed by atoms with Crippen LogP contribution in [0.5, 0.6) is 0 Å². The Morgan fingerprint density at radius 2 is 2.14 bits per heavy atom. The minimum absolute atomic E-state index is 0.00641. The number of carbonyl (C=O) groups is 1. The number of carboxylic acids is 1. The lowest BCUT2D eigenvalue weighted by Gasteiger charge is -2.10. The van der Waals surface area contributed by atoms with Crippen molar-refractivity contribution in [2.45, 2.75) is 25.0 Å². The lowest BCUT2D eigenvalue weighted by Crippen LogP contribution is -2.07. The Labute approximate surface area is 127 Å². The Morgan fingerprint density at radius 3 is 2.71 bits per heavy atom. The molecule has 0 saturated heterocycles. The summed E-state index contributed by atoms with van der Waals surface area (Å²) in [5.41, 5.74) is 2.74. The number of imidazole rings is 1. The molecule has 0 unspecified atom stereocenters. The van der Waals surface area contributed by atoms with Crippen molar-refractivity contribution in [3.8, 4) is 6.07 Å². The van der Waals surface area contributed by atoms with E-state index in [0.29, 0.717) is 17.3 Å². The zero-order valence-electron chi connectivity index (χ0n) is 11.6. The Morgan fingerprint density at radius 1 is 1.43 bits per heavy atom. The van der Waals surface area contributed by atoms with Crippen molar-refractivity contribution >= 4 is 17.7 Å². The van der Waals surface area contributed by atoms with Gasteiger partial charge in [-0.3, -0.25) is 4.79 Å². The molecular formula is C15H15N3O2S. The molecule has 108 valence electrons. The standard InChI is InChI=1S/C15H15N3O2S/c1-2-13-8-17-15(21-10-14(19)20)18(13)9-12-5-3-11(7-16)4-6-12/h3-6,8H,2,9-10H2,1H3,(H,19,20). The Kier molecular flexibility index (Phi) is 5.01. The first kappa shape index (κ1) is 15.1. The number of aromatic nitrogens is 2. The van der Waals surface area contributed by atoms with Gasteiger partial charge in [0, 0.05) is 18.4 Å². The van der Waals surface area contributed by atoms with E-state index in [4.69, 9.17) is 10.4 Å². The van der Waals surface area contributed by atoms with Crippen molar-refractivity contribution in [2.75, 3.05) is 5.75 Å². The monoisotopic (exact) mass is 301 g/mol. The first-order valence-electron chi connectivity index (χ1n) is 6.52. The van der Waals surface area contributed by atoms with Crippen LogP contribution in [0.15, 0.2) is 35.6 Å². The Hall–Kier alpha value is -2.26. The second-order valence-corrected chi connectivity index (χ2v) is 5.41. The fourth-order valence-electron chi connectivity index (χ4n) is 1.95. The van der Waals surface area contributed by atoms with E-state index in [-0.39, 0.29) is 5.75 Å². The first-order valence-corrected chi connectivity index (χ1v) is 7.50. The molecule has 6 heteroatoms. The number of hydrogen-bond acceptors (Lipinski definition) is 4. The molecular weight excluding hydrogens is 286 g/mol. The van der Waals surface area contributed by atoms with E-state index < -0.39 is 5.97 Å². The summed E-state index contributed by atoms with van der Waals surface area (Å²) in [4.78, 5) is 15.0. The molecule has 0 aliphatic heterocycles. The normalized spacial score (nSPS) is 10.3. The highest BCUT2D eigenvalue weighted by Crippen LogP contribution is 2.20. The molecule has 0 spiro atoms. The van der Waals surface area contributed by atoms with Crippen LogP contribution in [0.25, 0.3) is 0 Å². The SMILES string of the molecule is CCc1cnc(SCC(=O)O)n1Cc1ccc(C#N)cc1. The number of carboxylic acid groups (broad SMARTS) is 1. The maximum atomic E-state index is 10.7. The molecule has 0 aliphatic rings. The van der Waals surface area contributed by atoms with E-state index in [1.165, 1.54) is 11.8 Å². The van der Waals surface area contributed by atoms with Crippen LogP contribution in [0.3, 0.4) is 0 Å². The number of rotatable bonds is 6. The van der Waals surface area contributed by atoms with Crippen LogP contribution in [0.1, 0.15) is 23.7 Å². The van der Waals surface area contributed by atoms with Gasteiger partial charge in [0.15, 0.2) is 5.16 Å². The van der Waals surface area contributed by atoms with Crippen molar-refractivity contribution in [2.24, 2.45) is 0 Å². The van der Waals surface area contributed by atoms with E-state index in [9.17, 15) is 4.79 Å². The predicted octanol–water partition coefficient (Wildman–Crippen LogP) is 2.54. The van der Waals surface area contributed by atoms with E-state index in [0.717, 1.165) is 17.7 Å². The highest BCUT2D eigenvalue weighted by molar-refractivity contribution is 7.99. The minimum Gasteiger partial charge on any atom is -0.481 e. The van der Waals surface area contributed by atoms with Crippen LogP contribution in [-0.4, -0.2) is 26.4 Å². The second kappa shape index (κ2) is 6.95. The van der Waals surface area contributed by atoms with E-state index in [2.05, 4.69) is 11.1 Å². The van der Waals surface area contributed by atoms with Crippen LogP contribution < -0.4 is 0 Å². The summed E-state index contributed by atoms with van der Waals surface area (Å²) in [6, 6.07) is 9.46. The molecule has 0 atom stereocenters. The van der Waals surface area contributed by atoms with Gasteiger partial charge in [0.1, 0.15) is 0 Å². The fourth-order valence-corrected chi connectivity index (χ4v) is 2.67. The third-order valence-corrected chi connectivity index (χ3v) is 3.99. The molecule has 2 aromatic rings. The zero-order chi connectivity index (χ0) is 15.2. The van der Waals surface area contributed by atoms with Gasteiger partial charge in [-0.05, 0) is 24.1 Å². The molecule has 0 radical (unpaired) electrons. The lowest BCUT2D eigenvalue weighted by molar-refractivity contribution is -0.133. The molecule has 1 heterocycles. The van der Waals surface area contributed by atoms with Gasteiger partial charge in [-0.1, -0.05) is 30.8 Å². The molecule has 0 saturated carbocycles. The van der Waals surface area contributed by atoms with Gasteiger partial charge in [0.2, 0.25) is 0 Å². The maximum absolute atomic E-state index is 10.7. The van der Waals surface area contributed by atoms with Crippen LogP contribution in [0.4, 0.5) is 0 Å². The molecule has 0 bridgehead atoms. The van der Waals surface area contributed by atoms with Gasteiger partial charge >= 0.3 is 5.97 Å². The van der Waals surface area contributed by atoms with E-state index >= 15 is 0 Å². The summed E-state index contributed by atoms with van der Waals surface area (Å²) < 4.78 is 2.02. The third kappa shape index (κ3) is 3.86. The lowest BCUT2D eigenvalue weighted by atomic mass is 10.1. The highest BCUT2D eigenvalue weighted by atomic mass is 32.2. The number of hydrogen-bond donors (Lipinski definition) is 1. The molecule has 0 amide bonds. The molecule has 2 rings (SSSR count). The van der Waals surface area contributed by atoms with Crippen molar-refractivity contribution in [3.05, 3.63) is 47.3 Å². The van der Waals surface area contributed by atoms with Crippen molar-refractivity contribution in [3.63, 3.8) is 0 Å². The fraction of sp³-hybridized carbons (Fsp3) is 0.267. The number of aliphatic carboxylic acids is 1. The predicted molar refractivity (Wildman–Crippen MR) is 80.2 cm³/mol. The topological polar surface area (TPSA) is 78.9 Å². The van der Waals surface area contributed by atoms with Crippen molar-refractivity contribution < 1.29 is 9.90 Å². The first-order chi connectivity index (χ1) is 10.1. The van der Waals surface area contributed by atoms with Crippen molar-refractivity contribution in [1.29, 1.82) is 5.26 Å². The number of benzene rings is 1. The number of nitriles is 1. The largest absolute Gasteiger partial charge is 0.481 e. The summed E-state index contributed by atoms with van der Waals surface area (Å²) in [5, 5.41) is 18.3. The maximum Gasteiger partial charge on any atom is 0.313 e. The average Bonchev–Trinajstić information content (AvgIpc) is 2.88.